The van der Waals surface area contributed by atoms with Gasteiger partial charge in [0.1, 0.15) is 0 Å². The SMILES string of the molecule is CCCN(CC1CNCC1C)CC(F)(F)F. The number of nitrogens with one attached hydrogen (secondary N) is 1. The summed E-state index contributed by atoms with van der Waals surface area (Å²) in [6, 6.07) is 0. The molecule has 96 valence electrons. The molecule has 0 aliphatic carbocycles. The van der Waals surface area contributed by atoms with Gasteiger partial charge in [-0.1, -0.05) is 13.8 Å². The highest BCUT2D eigenvalue weighted by molar-refractivity contribution is 4.81. The number of rotatable bonds is 5. The highest BCUT2D eigenvalue weighted by atomic mass is 19.4. The average molecular weight is 238 g/mol. The van der Waals surface area contributed by atoms with Gasteiger partial charge in [0, 0.05) is 6.54 Å². The molecule has 0 saturated carbocycles. The molecule has 5 heteroatoms. The molecule has 1 rings (SSSR count). The molecular formula is C11H21F3N2. The van der Waals surface area contributed by atoms with Crippen molar-refractivity contribution in [2.75, 3.05) is 32.7 Å². The molecule has 2 atom stereocenters. The van der Waals surface area contributed by atoms with Crippen LogP contribution in [0.5, 0.6) is 0 Å². The minimum atomic E-state index is -4.08. The monoisotopic (exact) mass is 238 g/mol. The first-order valence-corrected chi connectivity index (χ1v) is 5.92. The van der Waals surface area contributed by atoms with Gasteiger partial charge in [-0.05, 0) is 37.9 Å². The smallest absolute Gasteiger partial charge is 0.316 e. The Morgan fingerprint density at radius 3 is 2.44 bits per heavy atom. The lowest BCUT2D eigenvalue weighted by molar-refractivity contribution is -0.147. The molecule has 0 radical (unpaired) electrons. The van der Waals surface area contributed by atoms with Crippen LogP contribution in [0.1, 0.15) is 20.3 Å². The van der Waals surface area contributed by atoms with Gasteiger partial charge in [-0.2, -0.15) is 13.2 Å². The summed E-state index contributed by atoms with van der Waals surface area (Å²) in [4.78, 5) is 1.54. The second kappa shape index (κ2) is 5.87. The van der Waals surface area contributed by atoms with Gasteiger partial charge < -0.3 is 5.32 Å². The van der Waals surface area contributed by atoms with Gasteiger partial charge in [-0.25, -0.2) is 0 Å². The molecular weight excluding hydrogens is 217 g/mol. The third-order valence-electron chi connectivity index (χ3n) is 3.11. The number of alkyl halides is 3. The van der Waals surface area contributed by atoms with Gasteiger partial charge in [0.15, 0.2) is 0 Å². The Labute approximate surface area is 95.2 Å². The van der Waals surface area contributed by atoms with Crippen LogP contribution >= 0.6 is 0 Å². The molecule has 1 aliphatic heterocycles. The van der Waals surface area contributed by atoms with Crippen LogP contribution in [0.4, 0.5) is 13.2 Å². The Bertz CT molecular complexity index is 206. The number of hydrogen-bond donors (Lipinski definition) is 1. The second-order valence-corrected chi connectivity index (χ2v) is 4.75. The quantitative estimate of drug-likeness (QED) is 0.789. The minimum absolute atomic E-state index is 0.355. The maximum absolute atomic E-state index is 12.3. The average Bonchev–Trinajstić information content (AvgIpc) is 2.49. The molecule has 2 unspecified atom stereocenters. The molecule has 0 bridgehead atoms. The summed E-state index contributed by atoms with van der Waals surface area (Å²) in [6.45, 7) is 6.10. The molecule has 2 nitrogen and oxygen atoms in total. The van der Waals surface area contributed by atoms with E-state index in [1.165, 1.54) is 4.90 Å². The van der Waals surface area contributed by atoms with Crippen molar-refractivity contribution in [3.63, 3.8) is 0 Å². The van der Waals surface area contributed by atoms with Crippen molar-refractivity contribution in [2.45, 2.75) is 26.4 Å². The molecule has 0 aromatic rings. The number of halogens is 3. The van der Waals surface area contributed by atoms with Crippen molar-refractivity contribution in [3.8, 4) is 0 Å². The zero-order valence-electron chi connectivity index (χ0n) is 9.98. The summed E-state index contributed by atoms with van der Waals surface area (Å²) in [7, 11) is 0. The predicted octanol–water partition coefficient (Wildman–Crippen LogP) is 2.12. The Kier molecular flexibility index (Phi) is 5.05. The van der Waals surface area contributed by atoms with E-state index in [9.17, 15) is 13.2 Å². The van der Waals surface area contributed by atoms with Crippen LogP contribution in [-0.2, 0) is 0 Å². The summed E-state index contributed by atoms with van der Waals surface area (Å²) in [5, 5.41) is 3.22. The molecule has 0 spiro atoms. The topological polar surface area (TPSA) is 15.3 Å². The van der Waals surface area contributed by atoms with Crippen molar-refractivity contribution < 1.29 is 13.2 Å². The number of hydrogen-bond acceptors (Lipinski definition) is 2. The fraction of sp³-hybridized carbons (Fsp3) is 1.00. The number of nitrogens with zero attached hydrogens (tertiary/aromatic N) is 1. The van der Waals surface area contributed by atoms with Crippen LogP contribution in [0.2, 0.25) is 0 Å². The third-order valence-corrected chi connectivity index (χ3v) is 3.11. The van der Waals surface area contributed by atoms with Gasteiger partial charge in [-0.15, -0.1) is 0 Å². The first-order chi connectivity index (χ1) is 7.42. The Hall–Kier alpha value is -0.290. The maximum Gasteiger partial charge on any atom is 0.401 e. The molecule has 1 heterocycles. The van der Waals surface area contributed by atoms with Crippen molar-refractivity contribution in [3.05, 3.63) is 0 Å². The molecule has 0 amide bonds. The summed E-state index contributed by atoms with van der Waals surface area (Å²) >= 11 is 0. The standard InChI is InChI=1S/C11H21F3N2/c1-3-4-16(8-11(12,13)14)7-10-6-15-5-9(10)2/h9-10,15H,3-8H2,1-2H3. The van der Waals surface area contributed by atoms with Crippen LogP contribution in [0, 0.1) is 11.8 Å². The largest absolute Gasteiger partial charge is 0.401 e. The zero-order valence-corrected chi connectivity index (χ0v) is 9.98. The van der Waals surface area contributed by atoms with Crippen LogP contribution < -0.4 is 5.32 Å². The zero-order chi connectivity index (χ0) is 12.2. The predicted molar refractivity (Wildman–Crippen MR) is 58.3 cm³/mol. The normalized spacial score (nSPS) is 26.6. The highest BCUT2D eigenvalue weighted by Crippen LogP contribution is 2.21. The van der Waals surface area contributed by atoms with E-state index < -0.39 is 12.7 Å². The van der Waals surface area contributed by atoms with Gasteiger partial charge in [0.25, 0.3) is 0 Å². The van der Waals surface area contributed by atoms with E-state index in [2.05, 4.69) is 12.2 Å². The Morgan fingerprint density at radius 1 is 1.31 bits per heavy atom. The molecule has 16 heavy (non-hydrogen) atoms. The fourth-order valence-electron chi connectivity index (χ4n) is 2.25. The molecule has 1 aliphatic rings. The molecule has 0 aromatic carbocycles. The lowest BCUT2D eigenvalue weighted by atomic mass is 9.97. The van der Waals surface area contributed by atoms with E-state index in [0.717, 1.165) is 19.5 Å². The van der Waals surface area contributed by atoms with E-state index in [-0.39, 0.29) is 0 Å². The summed E-state index contributed by atoms with van der Waals surface area (Å²) in [5.41, 5.74) is 0. The van der Waals surface area contributed by atoms with Gasteiger partial charge in [0.2, 0.25) is 0 Å². The van der Waals surface area contributed by atoms with Crippen molar-refractivity contribution in [2.24, 2.45) is 11.8 Å². The van der Waals surface area contributed by atoms with Gasteiger partial charge >= 0.3 is 6.18 Å². The molecule has 1 fully saturated rings. The van der Waals surface area contributed by atoms with E-state index in [1.807, 2.05) is 6.92 Å². The van der Waals surface area contributed by atoms with Gasteiger partial charge in [0.05, 0.1) is 6.54 Å². The second-order valence-electron chi connectivity index (χ2n) is 4.75. The Balaban J connectivity index is 2.43. The van der Waals surface area contributed by atoms with E-state index >= 15 is 0 Å². The van der Waals surface area contributed by atoms with E-state index in [4.69, 9.17) is 0 Å². The van der Waals surface area contributed by atoms with E-state index in [1.54, 1.807) is 0 Å². The van der Waals surface area contributed by atoms with Crippen LogP contribution in [-0.4, -0.2) is 43.8 Å². The van der Waals surface area contributed by atoms with Crippen LogP contribution in [0.15, 0.2) is 0 Å². The lowest BCUT2D eigenvalue weighted by Crippen LogP contribution is -2.39. The summed E-state index contributed by atoms with van der Waals surface area (Å²) in [6.07, 6.45) is -3.31. The minimum Gasteiger partial charge on any atom is -0.316 e. The first-order valence-electron chi connectivity index (χ1n) is 5.92. The summed E-state index contributed by atoms with van der Waals surface area (Å²) < 4.78 is 37.0. The van der Waals surface area contributed by atoms with Crippen LogP contribution in [0.3, 0.4) is 0 Å². The Morgan fingerprint density at radius 2 is 2.00 bits per heavy atom. The first kappa shape index (κ1) is 13.8. The lowest BCUT2D eigenvalue weighted by Gasteiger charge is -2.27. The molecule has 0 aromatic heterocycles. The van der Waals surface area contributed by atoms with Crippen molar-refractivity contribution >= 4 is 0 Å². The third kappa shape index (κ3) is 4.70. The highest BCUT2D eigenvalue weighted by Gasteiger charge is 2.33. The summed E-state index contributed by atoms with van der Waals surface area (Å²) in [5.74, 6) is 0.835. The van der Waals surface area contributed by atoms with Crippen molar-refractivity contribution in [1.82, 2.24) is 10.2 Å². The van der Waals surface area contributed by atoms with Gasteiger partial charge in [-0.3, -0.25) is 4.90 Å². The molecule has 1 saturated heterocycles. The van der Waals surface area contributed by atoms with Crippen molar-refractivity contribution in [1.29, 1.82) is 0 Å². The molecule has 1 N–H and O–H groups in total. The maximum atomic E-state index is 12.3. The van der Waals surface area contributed by atoms with E-state index in [0.29, 0.717) is 24.9 Å². The van der Waals surface area contributed by atoms with Crippen LogP contribution in [0.25, 0.3) is 0 Å². The fourth-order valence-corrected chi connectivity index (χ4v) is 2.25.